The van der Waals surface area contributed by atoms with Crippen LogP contribution in [-0.2, 0) is 9.53 Å². The molecule has 0 unspecified atom stereocenters. The molecule has 1 heterocycles. The molecule has 0 radical (unpaired) electrons. The third kappa shape index (κ3) is 3.26. The summed E-state index contributed by atoms with van der Waals surface area (Å²) in [5.74, 6) is 0.841. The fourth-order valence-electron chi connectivity index (χ4n) is 2.49. The second kappa shape index (κ2) is 6.06. The molecule has 0 amide bonds. The predicted molar refractivity (Wildman–Crippen MR) is 74.8 cm³/mol. The van der Waals surface area contributed by atoms with Gasteiger partial charge in [-0.2, -0.15) is 0 Å². The van der Waals surface area contributed by atoms with Crippen LogP contribution in [0.2, 0.25) is 0 Å². The van der Waals surface area contributed by atoms with Crippen molar-refractivity contribution < 1.29 is 14.3 Å². The summed E-state index contributed by atoms with van der Waals surface area (Å²) >= 11 is 0. The van der Waals surface area contributed by atoms with Crippen LogP contribution in [0.3, 0.4) is 0 Å². The number of methoxy groups -OCH3 is 1. The highest BCUT2D eigenvalue weighted by atomic mass is 16.5. The van der Waals surface area contributed by atoms with Crippen molar-refractivity contribution in [3.8, 4) is 5.75 Å². The van der Waals surface area contributed by atoms with E-state index >= 15 is 0 Å². The highest BCUT2D eigenvalue weighted by Gasteiger charge is 2.33. The summed E-state index contributed by atoms with van der Waals surface area (Å²) in [5.41, 5.74) is 0.820. The summed E-state index contributed by atoms with van der Waals surface area (Å²) in [7, 11) is 3.67. The van der Waals surface area contributed by atoms with Gasteiger partial charge in [0.25, 0.3) is 0 Å². The van der Waals surface area contributed by atoms with E-state index in [0.29, 0.717) is 13.2 Å². The zero-order valence-corrected chi connectivity index (χ0v) is 11.6. The SMILES string of the molecule is COc1ccc(N(C)CC2(C=O)CCOCC2)cc1. The lowest BCUT2D eigenvalue weighted by molar-refractivity contribution is -0.120. The van der Waals surface area contributed by atoms with Gasteiger partial charge >= 0.3 is 0 Å². The second-order valence-corrected chi connectivity index (χ2v) is 5.15. The fraction of sp³-hybridized carbons (Fsp3) is 0.533. The van der Waals surface area contributed by atoms with Gasteiger partial charge in [0.15, 0.2) is 0 Å². The van der Waals surface area contributed by atoms with Crippen LogP contribution in [0.15, 0.2) is 24.3 Å². The Hall–Kier alpha value is -1.55. The van der Waals surface area contributed by atoms with E-state index in [2.05, 4.69) is 4.90 Å². The minimum absolute atomic E-state index is 0.271. The summed E-state index contributed by atoms with van der Waals surface area (Å²) in [4.78, 5) is 13.6. The van der Waals surface area contributed by atoms with Gasteiger partial charge in [-0.15, -0.1) is 0 Å². The zero-order valence-electron chi connectivity index (χ0n) is 11.6. The highest BCUT2D eigenvalue weighted by Crippen LogP contribution is 2.30. The molecule has 0 saturated carbocycles. The molecule has 0 bridgehead atoms. The molecule has 0 atom stereocenters. The zero-order chi connectivity index (χ0) is 13.7. The topological polar surface area (TPSA) is 38.8 Å². The first-order valence-corrected chi connectivity index (χ1v) is 6.58. The molecule has 1 saturated heterocycles. The van der Waals surface area contributed by atoms with Crippen molar-refractivity contribution in [1.29, 1.82) is 0 Å². The van der Waals surface area contributed by atoms with Crippen LogP contribution in [0, 0.1) is 5.41 Å². The molecule has 1 aromatic carbocycles. The summed E-state index contributed by atoms with van der Waals surface area (Å²) in [6, 6.07) is 7.89. The Morgan fingerprint density at radius 2 is 1.95 bits per heavy atom. The molecule has 19 heavy (non-hydrogen) atoms. The van der Waals surface area contributed by atoms with Crippen molar-refractivity contribution in [2.75, 3.05) is 38.8 Å². The smallest absolute Gasteiger partial charge is 0.128 e. The third-order valence-electron chi connectivity index (χ3n) is 3.80. The number of hydrogen-bond donors (Lipinski definition) is 0. The third-order valence-corrected chi connectivity index (χ3v) is 3.80. The standard InChI is InChI=1S/C15H21NO3/c1-16(13-3-5-14(18-2)6-4-13)11-15(12-17)7-9-19-10-8-15/h3-6,12H,7-11H2,1-2H3. The van der Waals surface area contributed by atoms with E-state index in [1.165, 1.54) is 0 Å². The van der Waals surface area contributed by atoms with Crippen LogP contribution in [0.1, 0.15) is 12.8 Å². The Balaban J connectivity index is 2.05. The first kappa shape index (κ1) is 13.9. The Morgan fingerprint density at radius 1 is 1.32 bits per heavy atom. The molecule has 1 aliphatic heterocycles. The number of hydrogen-bond acceptors (Lipinski definition) is 4. The van der Waals surface area contributed by atoms with Gasteiger partial charge in [-0.1, -0.05) is 0 Å². The maximum Gasteiger partial charge on any atom is 0.128 e. The Labute approximate surface area is 114 Å². The number of nitrogens with zero attached hydrogens (tertiary/aromatic N) is 1. The lowest BCUT2D eigenvalue weighted by Crippen LogP contribution is -2.41. The molecular weight excluding hydrogens is 242 g/mol. The number of aldehydes is 1. The van der Waals surface area contributed by atoms with Crippen LogP contribution in [0.5, 0.6) is 5.75 Å². The Kier molecular flexibility index (Phi) is 4.43. The summed E-state index contributed by atoms with van der Waals surface area (Å²) in [6.07, 6.45) is 2.71. The average Bonchev–Trinajstić information content (AvgIpc) is 2.48. The van der Waals surface area contributed by atoms with Gasteiger partial charge < -0.3 is 19.2 Å². The van der Waals surface area contributed by atoms with Gasteiger partial charge in [-0.25, -0.2) is 0 Å². The highest BCUT2D eigenvalue weighted by molar-refractivity contribution is 5.62. The number of carbonyl (C=O) groups excluding carboxylic acids is 1. The predicted octanol–water partition coefficient (Wildman–Crippen LogP) is 2.13. The molecule has 1 aliphatic rings. The maximum atomic E-state index is 11.4. The van der Waals surface area contributed by atoms with Crippen molar-refractivity contribution in [1.82, 2.24) is 0 Å². The normalized spacial score (nSPS) is 17.8. The minimum Gasteiger partial charge on any atom is -0.497 e. The van der Waals surface area contributed by atoms with Crippen LogP contribution in [0.4, 0.5) is 5.69 Å². The molecule has 4 nitrogen and oxygen atoms in total. The van der Waals surface area contributed by atoms with Crippen molar-refractivity contribution in [3.63, 3.8) is 0 Å². The maximum absolute atomic E-state index is 11.4. The molecule has 0 aromatic heterocycles. The van der Waals surface area contributed by atoms with Crippen molar-refractivity contribution >= 4 is 12.0 Å². The van der Waals surface area contributed by atoms with Crippen molar-refractivity contribution in [2.24, 2.45) is 5.41 Å². The number of ether oxygens (including phenoxy) is 2. The fourth-order valence-corrected chi connectivity index (χ4v) is 2.49. The summed E-state index contributed by atoms with van der Waals surface area (Å²) in [5, 5.41) is 0. The lowest BCUT2D eigenvalue weighted by atomic mass is 9.81. The number of anilines is 1. The molecule has 1 aromatic rings. The number of benzene rings is 1. The molecular formula is C15H21NO3. The molecule has 0 N–H and O–H groups in total. The number of rotatable bonds is 5. The molecule has 2 rings (SSSR count). The van der Waals surface area contributed by atoms with E-state index in [4.69, 9.17) is 9.47 Å². The summed E-state index contributed by atoms with van der Waals surface area (Å²) < 4.78 is 10.5. The van der Waals surface area contributed by atoms with Crippen molar-refractivity contribution in [3.05, 3.63) is 24.3 Å². The monoisotopic (exact) mass is 263 g/mol. The van der Waals surface area contributed by atoms with Gasteiger partial charge in [-0.3, -0.25) is 0 Å². The molecule has 0 aliphatic carbocycles. The molecule has 104 valence electrons. The molecule has 4 heteroatoms. The van der Waals surface area contributed by atoms with E-state index in [0.717, 1.165) is 37.1 Å². The van der Waals surface area contributed by atoms with Gasteiger partial charge in [0, 0.05) is 37.9 Å². The quantitative estimate of drug-likeness (QED) is 0.763. The van der Waals surface area contributed by atoms with Crippen LogP contribution >= 0.6 is 0 Å². The van der Waals surface area contributed by atoms with E-state index in [-0.39, 0.29) is 5.41 Å². The van der Waals surface area contributed by atoms with E-state index < -0.39 is 0 Å². The second-order valence-electron chi connectivity index (χ2n) is 5.15. The minimum atomic E-state index is -0.271. The van der Waals surface area contributed by atoms with E-state index in [1.54, 1.807) is 7.11 Å². The van der Waals surface area contributed by atoms with Gasteiger partial charge in [0.2, 0.25) is 0 Å². The van der Waals surface area contributed by atoms with Crippen LogP contribution in [-0.4, -0.2) is 40.2 Å². The van der Waals surface area contributed by atoms with E-state index in [1.807, 2.05) is 31.3 Å². The Morgan fingerprint density at radius 3 is 2.47 bits per heavy atom. The largest absolute Gasteiger partial charge is 0.497 e. The Bertz CT molecular complexity index is 410. The lowest BCUT2D eigenvalue weighted by Gasteiger charge is -2.36. The van der Waals surface area contributed by atoms with Gasteiger partial charge in [0.05, 0.1) is 7.11 Å². The first-order chi connectivity index (χ1) is 9.19. The first-order valence-electron chi connectivity index (χ1n) is 6.58. The average molecular weight is 263 g/mol. The number of carbonyl (C=O) groups is 1. The van der Waals surface area contributed by atoms with E-state index in [9.17, 15) is 4.79 Å². The molecule has 0 spiro atoms. The van der Waals surface area contributed by atoms with Crippen LogP contribution < -0.4 is 9.64 Å². The summed E-state index contributed by atoms with van der Waals surface area (Å²) in [6.45, 7) is 2.08. The van der Waals surface area contributed by atoms with Crippen molar-refractivity contribution in [2.45, 2.75) is 12.8 Å². The molecule has 1 fully saturated rings. The van der Waals surface area contributed by atoms with Gasteiger partial charge in [0.1, 0.15) is 12.0 Å². The van der Waals surface area contributed by atoms with Crippen LogP contribution in [0.25, 0.3) is 0 Å². The van der Waals surface area contributed by atoms with Gasteiger partial charge in [-0.05, 0) is 37.1 Å².